The van der Waals surface area contributed by atoms with E-state index in [-0.39, 0.29) is 36.3 Å². The van der Waals surface area contributed by atoms with Crippen molar-refractivity contribution < 1.29 is 14.4 Å². The Morgan fingerprint density at radius 1 is 1.19 bits per heavy atom. The van der Waals surface area contributed by atoms with Crippen molar-refractivity contribution in [2.45, 2.75) is 71.6 Å². The zero-order valence-corrected chi connectivity index (χ0v) is 32.2. The van der Waals surface area contributed by atoms with Gasteiger partial charge in [0, 0.05) is 66.7 Å². The number of nitrogens with zero attached hydrogens (tertiary/aromatic N) is 5. The van der Waals surface area contributed by atoms with Gasteiger partial charge in [-0.15, -0.1) is 11.3 Å². The quantitative estimate of drug-likeness (QED) is 0.0438. The first-order valence-electron chi connectivity index (χ1n) is 17.8. The van der Waals surface area contributed by atoms with E-state index in [1.165, 1.54) is 16.2 Å². The molecule has 2 aliphatic rings. The molecule has 278 valence electrons. The van der Waals surface area contributed by atoms with Crippen LogP contribution in [0.5, 0.6) is 0 Å². The second-order valence-corrected chi connectivity index (χ2v) is 14.7. The minimum Gasteiger partial charge on any atom is -0.385 e. The van der Waals surface area contributed by atoms with Crippen LogP contribution in [0, 0.1) is 29.6 Å². The van der Waals surface area contributed by atoms with Crippen LogP contribution >= 0.6 is 22.9 Å². The molecule has 6 rings (SSSR count). The summed E-state index contributed by atoms with van der Waals surface area (Å²) in [4.78, 5) is 45.4. The number of halogens is 1. The highest BCUT2D eigenvalue weighted by atomic mass is 35.5. The minimum absolute atomic E-state index is 0.163. The normalized spacial score (nSPS) is 15.4. The average molecular weight is 764 g/mol. The van der Waals surface area contributed by atoms with Crippen molar-refractivity contribution in [1.29, 1.82) is 10.8 Å². The van der Waals surface area contributed by atoms with E-state index in [2.05, 4.69) is 27.6 Å². The number of unbranched alkanes of at least 4 members (excludes halogenated alkanes) is 1. The number of amidine groups is 2. The predicted molar refractivity (Wildman–Crippen MR) is 215 cm³/mol. The predicted octanol–water partition coefficient (Wildman–Crippen LogP) is 6.27. The number of carbonyl (C=O) groups is 3. The molecule has 0 radical (unpaired) electrons. The Hall–Kier alpha value is -5.58. The summed E-state index contributed by atoms with van der Waals surface area (Å²) in [6.07, 6.45) is 6.68. The summed E-state index contributed by atoms with van der Waals surface area (Å²) in [5.74, 6) is 6.73. The van der Waals surface area contributed by atoms with E-state index in [1.54, 1.807) is 31.1 Å². The third-order valence-corrected chi connectivity index (χ3v) is 11.0. The van der Waals surface area contributed by atoms with Crippen molar-refractivity contribution in [2.24, 2.45) is 4.99 Å². The first-order chi connectivity index (χ1) is 26.0. The van der Waals surface area contributed by atoms with Gasteiger partial charge in [-0.2, -0.15) is 5.10 Å². The highest BCUT2D eigenvalue weighted by Crippen LogP contribution is 2.40. The zero-order valence-electron chi connectivity index (χ0n) is 30.6. The van der Waals surface area contributed by atoms with E-state index in [0.717, 1.165) is 81.3 Å². The van der Waals surface area contributed by atoms with E-state index in [9.17, 15) is 14.4 Å². The van der Waals surface area contributed by atoms with Gasteiger partial charge in [0.25, 0.3) is 5.91 Å². The maximum atomic E-state index is 13.0. The van der Waals surface area contributed by atoms with Gasteiger partial charge in [-0.05, 0) is 81.5 Å². The SMILES string of the molecule is CNC(=O)CCC(C=O)N1Cc2cc(NCCCCn3cc(C#Cc4sc5c(c4C)C(c4ccc(Cl)cc4)=N[C@@H](C)C(=N)N5C(C)=N)cn3)ccc2C1=O. The van der Waals surface area contributed by atoms with Gasteiger partial charge in [0.15, 0.2) is 0 Å². The highest BCUT2D eigenvalue weighted by Gasteiger charge is 2.34. The molecule has 14 heteroatoms. The number of aliphatic imine (C=N–C) groups is 1. The summed E-state index contributed by atoms with van der Waals surface area (Å²) in [6.45, 7) is 7.36. The van der Waals surface area contributed by atoms with Crippen molar-refractivity contribution in [3.8, 4) is 11.8 Å². The van der Waals surface area contributed by atoms with Crippen LogP contribution in [0.25, 0.3) is 0 Å². The fraction of sp³-hybridized carbons (Fsp3) is 0.325. The van der Waals surface area contributed by atoms with Crippen molar-refractivity contribution >= 4 is 69.1 Å². The molecule has 12 nitrogen and oxygen atoms in total. The van der Waals surface area contributed by atoms with Gasteiger partial charge in [-0.1, -0.05) is 35.6 Å². The third-order valence-electron chi connectivity index (χ3n) is 9.52. The number of thiophene rings is 1. The summed E-state index contributed by atoms with van der Waals surface area (Å²) in [5, 5.41) is 29.2. The first-order valence-corrected chi connectivity index (χ1v) is 19.0. The number of hydrogen-bond acceptors (Lipinski definition) is 9. The van der Waals surface area contributed by atoms with Crippen LogP contribution in [-0.4, -0.2) is 75.8 Å². The average Bonchev–Trinajstić information content (AvgIpc) is 3.82. The van der Waals surface area contributed by atoms with Gasteiger partial charge < -0.3 is 20.3 Å². The number of fused-ring (bicyclic) bond motifs is 2. The lowest BCUT2D eigenvalue weighted by molar-refractivity contribution is -0.121. The summed E-state index contributed by atoms with van der Waals surface area (Å²) in [5.41, 5.74) is 6.60. The number of amides is 2. The largest absolute Gasteiger partial charge is 0.385 e. The molecule has 0 aliphatic carbocycles. The molecule has 0 fully saturated rings. The molecular weight excluding hydrogens is 722 g/mol. The lowest BCUT2D eigenvalue weighted by atomic mass is 9.99. The molecule has 2 aromatic carbocycles. The van der Waals surface area contributed by atoms with E-state index in [1.807, 2.05) is 61.1 Å². The number of rotatable bonds is 12. The van der Waals surface area contributed by atoms with Gasteiger partial charge in [0.1, 0.15) is 29.0 Å². The van der Waals surface area contributed by atoms with Crippen molar-refractivity contribution in [2.75, 3.05) is 23.8 Å². The second kappa shape index (κ2) is 16.6. The van der Waals surface area contributed by atoms with Crippen molar-refractivity contribution in [1.82, 2.24) is 20.0 Å². The fourth-order valence-corrected chi connectivity index (χ4v) is 7.92. The van der Waals surface area contributed by atoms with Gasteiger partial charge >= 0.3 is 0 Å². The van der Waals surface area contributed by atoms with Crippen LogP contribution in [0.1, 0.15) is 82.6 Å². The van der Waals surface area contributed by atoms with Crippen molar-refractivity contribution in [3.05, 3.63) is 98.1 Å². The Bertz CT molecular complexity index is 2210. The van der Waals surface area contributed by atoms with Crippen LogP contribution in [0.4, 0.5) is 10.7 Å². The summed E-state index contributed by atoms with van der Waals surface area (Å²) in [7, 11) is 1.55. The molecule has 0 bridgehead atoms. The number of nitrogens with one attached hydrogen (secondary N) is 4. The Morgan fingerprint density at radius 3 is 2.69 bits per heavy atom. The molecule has 0 saturated heterocycles. The second-order valence-electron chi connectivity index (χ2n) is 13.3. The molecule has 4 N–H and O–H groups in total. The van der Waals surface area contributed by atoms with E-state index >= 15 is 0 Å². The molecular formula is C40H42ClN9O3S. The number of aldehydes is 1. The Labute approximate surface area is 323 Å². The van der Waals surface area contributed by atoms with Gasteiger partial charge in [-0.25, -0.2) is 0 Å². The Morgan fingerprint density at radius 2 is 1.96 bits per heavy atom. The van der Waals surface area contributed by atoms with Crippen LogP contribution in [0.3, 0.4) is 0 Å². The summed E-state index contributed by atoms with van der Waals surface area (Å²) < 4.78 is 1.89. The number of aromatic nitrogens is 2. The molecule has 54 heavy (non-hydrogen) atoms. The van der Waals surface area contributed by atoms with Crippen molar-refractivity contribution in [3.63, 3.8) is 0 Å². The van der Waals surface area contributed by atoms with Gasteiger partial charge in [0.2, 0.25) is 5.91 Å². The molecule has 4 heterocycles. The number of benzene rings is 2. The number of anilines is 2. The summed E-state index contributed by atoms with van der Waals surface area (Å²) >= 11 is 7.65. The molecule has 2 amide bonds. The van der Waals surface area contributed by atoms with Crippen LogP contribution < -0.4 is 15.5 Å². The fourth-order valence-electron chi connectivity index (χ4n) is 6.56. The first kappa shape index (κ1) is 38.2. The Kier molecular flexibility index (Phi) is 11.7. The molecule has 2 aliphatic heterocycles. The zero-order chi connectivity index (χ0) is 38.5. The summed E-state index contributed by atoms with van der Waals surface area (Å²) in [6, 6.07) is 12.1. The van der Waals surface area contributed by atoms with Crippen LogP contribution in [-0.2, 0) is 22.7 Å². The van der Waals surface area contributed by atoms with E-state index in [0.29, 0.717) is 17.1 Å². The van der Waals surface area contributed by atoms with Gasteiger partial charge in [-0.3, -0.25) is 35.0 Å². The number of hydrogen-bond donors (Lipinski definition) is 4. The van der Waals surface area contributed by atoms with Gasteiger partial charge in [0.05, 0.1) is 28.4 Å². The lowest BCUT2D eigenvalue weighted by Crippen LogP contribution is -2.38. The Balaban J connectivity index is 1.06. The third kappa shape index (κ3) is 8.15. The molecule has 1 unspecified atom stereocenters. The number of carbonyl (C=O) groups excluding carboxylic acids is 3. The number of aryl methyl sites for hydroxylation is 1. The topological polar surface area (TPSA) is 160 Å². The maximum Gasteiger partial charge on any atom is 0.255 e. The highest BCUT2D eigenvalue weighted by molar-refractivity contribution is 7.17. The van der Waals surface area contributed by atoms with Crippen LogP contribution in [0.2, 0.25) is 5.02 Å². The molecule has 0 saturated carbocycles. The lowest BCUT2D eigenvalue weighted by Gasteiger charge is -2.23. The monoisotopic (exact) mass is 763 g/mol. The molecule has 4 aromatic rings. The van der Waals surface area contributed by atoms with Crippen LogP contribution in [0.15, 0.2) is 59.9 Å². The smallest absolute Gasteiger partial charge is 0.255 e. The van der Waals surface area contributed by atoms with E-state index in [4.69, 9.17) is 27.4 Å². The van der Waals surface area contributed by atoms with E-state index < -0.39 is 12.1 Å². The maximum absolute atomic E-state index is 13.0. The molecule has 0 spiro atoms. The minimum atomic E-state index is -0.644. The standard InChI is InChI=1S/C40H42ClN9O3S/c1-24-34(54-40-36(24)37(28-8-10-30(41)11-9-28)47-25(2)38(43)50(40)26(3)42)15-7-27-20-46-48(21-27)18-6-5-17-45-31-12-14-33-29(19-31)22-49(39(33)53)32(23-51)13-16-35(52)44-4/h8-12,14,19-21,23,25,32,42-43,45H,5-6,13,16-18,22H2,1-4H3,(H,44,52)/t25-,32?/m0/s1. The molecule has 2 atom stereocenters. The molecule has 2 aromatic heterocycles.